The van der Waals surface area contributed by atoms with Crippen LogP contribution in [0.4, 0.5) is 11.5 Å². The molecular formula is C18H12ClN3S. The highest BCUT2D eigenvalue weighted by atomic mass is 35.5. The molecule has 4 rings (SSSR count). The second-order valence-electron chi connectivity index (χ2n) is 5.03. The summed E-state index contributed by atoms with van der Waals surface area (Å²) in [5.41, 5.74) is 1.81. The summed E-state index contributed by atoms with van der Waals surface area (Å²) < 4.78 is 0. The van der Waals surface area contributed by atoms with E-state index in [2.05, 4.69) is 10.3 Å². The lowest BCUT2D eigenvalue weighted by molar-refractivity contribution is 1.23. The fourth-order valence-electron chi connectivity index (χ4n) is 2.37. The number of rotatable bonds is 3. The van der Waals surface area contributed by atoms with Gasteiger partial charge in [-0.05, 0) is 41.8 Å². The monoisotopic (exact) mass is 337 g/mol. The van der Waals surface area contributed by atoms with E-state index < -0.39 is 0 Å². The molecule has 0 aliphatic rings. The summed E-state index contributed by atoms with van der Waals surface area (Å²) in [5, 5.41) is 7.01. The zero-order valence-electron chi connectivity index (χ0n) is 12.0. The zero-order chi connectivity index (χ0) is 15.6. The van der Waals surface area contributed by atoms with Crippen LogP contribution in [0.15, 0.2) is 66.0 Å². The molecule has 0 saturated heterocycles. The Hall–Kier alpha value is -2.43. The summed E-state index contributed by atoms with van der Waals surface area (Å²) >= 11 is 7.75. The molecular weight excluding hydrogens is 326 g/mol. The Labute approximate surface area is 142 Å². The first-order chi connectivity index (χ1) is 11.3. The van der Waals surface area contributed by atoms with Gasteiger partial charge in [0.05, 0.1) is 10.4 Å². The molecule has 112 valence electrons. The van der Waals surface area contributed by atoms with Crippen molar-refractivity contribution >= 4 is 45.3 Å². The smallest absolute Gasteiger partial charge is 0.172 e. The number of hydrogen-bond donors (Lipinski definition) is 1. The van der Waals surface area contributed by atoms with Crippen molar-refractivity contribution in [2.24, 2.45) is 0 Å². The van der Waals surface area contributed by atoms with Crippen LogP contribution in [0, 0.1) is 0 Å². The average Bonchev–Trinajstić information content (AvgIpc) is 3.10. The fourth-order valence-corrected chi connectivity index (χ4v) is 3.20. The number of nitrogens with zero attached hydrogens (tertiary/aromatic N) is 2. The number of benzene rings is 2. The summed E-state index contributed by atoms with van der Waals surface area (Å²) in [4.78, 5) is 10.4. The van der Waals surface area contributed by atoms with Crippen LogP contribution in [0.5, 0.6) is 0 Å². The van der Waals surface area contributed by atoms with Crippen molar-refractivity contribution in [1.82, 2.24) is 9.97 Å². The molecule has 0 radical (unpaired) electrons. The molecule has 23 heavy (non-hydrogen) atoms. The molecule has 2 aromatic heterocycles. The Morgan fingerprint density at radius 2 is 1.78 bits per heavy atom. The van der Waals surface area contributed by atoms with Crippen LogP contribution in [0.2, 0.25) is 5.02 Å². The van der Waals surface area contributed by atoms with Gasteiger partial charge in [0.1, 0.15) is 5.82 Å². The number of thiophene rings is 1. The Balaban J connectivity index is 1.90. The van der Waals surface area contributed by atoms with E-state index in [0.717, 1.165) is 27.3 Å². The van der Waals surface area contributed by atoms with Gasteiger partial charge < -0.3 is 5.32 Å². The van der Waals surface area contributed by atoms with Crippen molar-refractivity contribution in [3.63, 3.8) is 0 Å². The molecule has 4 aromatic rings. The minimum absolute atomic E-state index is 0.666. The van der Waals surface area contributed by atoms with Crippen LogP contribution in [0.1, 0.15) is 0 Å². The molecule has 2 aromatic carbocycles. The molecule has 0 saturated carbocycles. The number of halogens is 1. The summed E-state index contributed by atoms with van der Waals surface area (Å²) in [6.45, 7) is 0. The van der Waals surface area contributed by atoms with Crippen molar-refractivity contribution in [2.75, 3.05) is 5.32 Å². The number of hydrogen-bond acceptors (Lipinski definition) is 4. The lowest BCUT2D eigenvalue weighted by Gasteiger charge is -2.10. The van der Waals surface area contributed by atoms with Crippen molar-refractivity contribution in [3.8, 4) is 10.7 Å². The van der Waals surface area contributed by atoms with E-state index in [4.69, 9.17) is 16.6 Å². The van der Waals surface area contributed by atoms with E-state index in [1.165, 1.54) is 0 Å². The Kier molecular flexibility index (Phi) is 3.69. The SMILES string of the molecule is Clc1ccc2c(Nc3ccccc3)nc(-c3cccs3)nc2c1. The number of para-hydroxylation sites is 1. The van der Waals surface area contributed by atoms with Gasteiger partial charge in [0.25, 0.3) is 0 Å². The van der Waals surface area contributed by atoms with Crippen LogP contribution in [-0.2, 0) is 0 Å². The van der Waals surface area contributed by atoms with E-state index in [-0.39, 0.29) is 0 Å². The summed E-state index contributed by atoms with van der Waals surface area (Å²) in [7, 11) is 0. The van der Waals surface area contributed by atoms with Gasteiger partial charge in [-0.15, -0.1) is 11.3 Å². The Bertz CT molecular complexity index is 953. The molecule has 0 atom stereocenters. The fraction of sp³-hybridized carbons (Fsp3) is 0. The third-order valence-electron chi connectivity index (χ3n) is 3.44. The van der Waals surface area contributed by atoms with Gasteiger partial charge >= 0.3 is 0 Å². The van der Waals surface area contributed by atoms with Gasteiger partial charge in [-0.25, -0.2) is 9.97 Å². The van der Waals surface area contributed by atoms with Gasteiger partial charge in [-0.2, -0.15) is 0 Å². The first-order valence-corrected chi connectivity index (χ1v) is 8.38. The standard InChI is InChI=1S/C18H12ClN3S/c19-12-8-9-14-15(11-12)21-18(16-7-4-10-23-16)22-17(14)20-13-5-2-1-3-6-13/h1-11H,(H,20,21,22). The van der Waals surface area contributed by atoms with Crippen LogP contribution in [0.25, 0.3) is 21.6 Å². The predicted molar refractivity (Wildman–Crippen MR) is 97.6 cm³/mol. The van der Waals surface area contributed by atoms with E-state index in [1.54, 1.807) is 11.3 Å². The highest BCUT2D eigenvalue weighted by Gasteiger charge is 2.11. The molecule has 5 heteroatoms. The number of fused-ring (bicyclic) bond motifs is 1. The highest BCUT2D eigenvalue weighted by Crippen LogP contribution is 2.30. The lowest BCUT2D eigenvalue weighted by atomic mass is 10.2. The quantitative estimate of drug-likeness (QED) is 0.516. The topological polar surface area (TPSA) is 37.8 Å². The molecule has 0 spiro atoms. The first kappa shape index (κ1) is 14.2. The Morgan fingerprint density at radius 3 is 2.57 bits per heavy atom. The van der Waals surface area contributed by atoms with E-state index in [0.29, 0.717) is 10.8 Å². The third-order valence-corrected chi connectivity index (χ3v) is 4.54. The van der Waals surface area contributed by atoms with Crippen LogP contribution >= 0.6 is 22.9 Å². The molecule has 0 amide bonds. The van der Waals surface area contributed by atoms with Gasteiger partial charge in [-0.1, -0.05) is 35.9 Å². The third kappa shape index (κ3) is 2.91. The molecule has 2 heterocycles. The van der Waals surface area contributed by atoms with Crippen LogP contribution in [0.3, 0.4) is 0 Å². The van der Waals surface area contributed by atoms with Crippen molar-refractivity contribution in [3.05, 3.63) is 71.1 Å². The molecule has 0 aliphatic carbocycles. The maximum atomic E-state index is 6.13. The van der Waals surface area contributed by atoms with Gasteiger partial charge in [0.2, 0.25) is 0 Å². The van der Waals surface area contributed by atoms with Crippen molar-refractivity contribution in [1.29, 1.82) is 0 Å². The summed E-state index contributed by atoms with van der Waals surface area (Å²) in [6, 6.07) is 19.7. The minimum Gasteiger partial charge on any atom is -0.340 e. The number of nitrogens with one attached hydrogen (secondary N) is 1. The van der Waals surface area contributed by atoms with Gasteiger partial charge in [0.15, 0.2) is 5.82 Å². The van der Waals surface area contributed by atoms with Gasteiger partial charge in [-0.3, -0.25) is 0 Å². The lowest BCUT2D eigenvalue weighted by Crippen LogP contribution is -1.98. The van der Waals surface area contributed by atoms with Crippen molar-refractivity contribution < 1.29 is 0 Å². The van der Waals surface area contributed by atoms with E-state index in [1.807, 2.05) is 66.0 Å². The average molecular weight is 338 g/mol. The van der Waals surface area contributed by atoms with Gasteiger partial charge in [0, 0.05) is 16.1 Å². The summed E-state index contributed by atoms with van der Waals surface area (Å²) in [6.07, 6.45) is 0. The molecule has 0 fully saturated rings. The normalized spacial score (nSPS) is 10.8. The molecule has 3 nitrogen and oxygen atoms in total. The molecule has 0 aliphatic heterocycles. The Morgan fingerprint density at radius 1 is 0.913 bits per heavy atom. The zero-order valence-corrected chi connectivity index (χ0v) is 13.6. The van der Waals surface area contributed by atoms with Crippen molar-refractivity contribution in [2.45, 2.75) is 0 Å². The van der Waals surface area contributed by atoms with E-state index >= 15 is 0 Å². The molecule has 0 bridgehead atoms. The maximum Gasteiger partial charge on any atom is 0.172 e. The van der Waals surface area contributed by atoms with Crippen LogP contribution < -0.4 is 5.32 Å². The molecule has 0 unspecified atom stereocenters. The van der Waals surface area contributed by atoms with Crippen LogP contribution in [-0.4, -0.2) is 9.97 Å². The number of anilines is 2. The summed E-state index contributed by atoms with van der Waals surface area (Å²) in [5.74, 6) is 1.48. The maximum absolute atomic E-state index is 6.13. The second kappa shape index (κ2) is 5.99. The number of aromatic nitrogens is 2. The first-order valence-electron chi connectivity index (χ1n) is 7.13. The minimum atomic E-state index is 0.666. The predicted octanol–water partition coefficient (Wildman–Crippen LogP) is 5.76. The van der Waals surface area contributed by atoms with E-state index in [9.17, 15) is 0 Å². The molecule has 1 N–H and O–H groups in total. The largest absolute Gasteiger partial charge is 0.340 e. The second-order valence-corrected chi connectivity index (χ2v) is 6.41. The highest BCUT2D eigenvalue weighted by molar-refractivity contribution is 7.13.